The number of carboxylic acid groups (broad SMARTS) is 1. The van der Waals surface area contributed by atoms with Crippen molar-refractivity contribution in [3.05, 3.63) is 77.1 Å². The molecule has 0 saturated carbocycles. The zero-order valence-electron chi connectivity index (χ0n) is 17.6. The molecule has 0 spiro atoms. The van der Waals surface area contributed by atoms with Crippen molar-refractivity contribution in [2.24, 2.45) is 5.92 Å². The van der Waals surface area contributed by atoms with E-state index >= 15 is 0 Å². The SMILES string of the molecule is Cc1cc(C)cc(-c2cnc3ccn(-c4ccc(C(=O)O)c(CC5CNC5)c4)c3n2)c1. The Morgan fingerprint density at radius 1 is 1.13 bits per heavy atom. The first kappa shape index (κ1) is 19.5. The number of aromatic carboxylic acids is 1. The molecule has 4 aromatic rings. The van der Waals surface area contributed by atoms with E-state index in [0.717, 1.165) is 53.2 Å². The molecule has 3 heterocycles. The van der Waals surface area contributed by atoms with E-state index in [2.05, 4.69) is 42.3 Å². The number of carbonyl (C=O) groups is 1. The molecule has 5 rings (SSSR count). The smallest absolute Gasteiger partial charge is 0.335 e. The minimum Gasteiger partial charge on any atom is -0.478 e. The lowest BCUT2D eigenvalue weighted by Gasteiger charge is -2.27. The van der Waals surface area contributed by atoms with Gasteiger partial charge in [0.05, 0.1) is 17.5 Å². The summed E-state index contributed by atoms with van der Waals surface area (Å²) in [4.78, 5) is 21.3. The lowest BCUT2D eigenvalue weighted by Crippen LogP contribution is -2.43. The molecule has 1 saturated heterocycles. The number of aryl methyl sites for hydroxylation is 2. The standard InChI is InChI=1S/C25H24N4O2/c1-15-7-16(2)9-19(8-15)23-14-27-22-5-6-29(24(22)28-23)20-3-4-21(25(30)31)18(11-20)10-17-12-26-13-17/h3-9,11,14,17,26H,10,12-13H2,1-2H3,(H,30,31). The van der Waals surface area contributed by atoms with E-state index in [1.54, 1.807) is 6.07 Å². The summed E-state index contributed by atoms with van der Waals surface area (Å²) in [5.74, 6) is -0.409. The van der Waals surface area contributed by atoms with Crippen molar-refractivity contribution in [1.82, 2.24) is 19.9 Å². The molecular weight excluding hydrogens is 388 g/mol. The van der Waals surface area contributed by atoms with Gasteiger partial charge in [-0.2, -0.15) is 0 Å². The summed E-state index contributed by atoms with van der Waals surface area (Å²) in [5.41, 5.74) is 7.93. The van der Waals surface area contributed by atoms with E-state index in [-0.39, 0.29) is 0 Å². The van der Waals surface area contributed by atoms with Gasteiger partial charge in [-0.1, -0.05) is 17.2 Å². The van der Waals surface area contributed by atoms with Gasteiger partial charge < -0.3 is 10.4 Å². The second-order valence-electron chi connectivity index (χ2n) is 8.40. The Hall–Kier alpha value is -3.51. The van der Waals surface area contributed by atoms with Crippen molar-refractivity contribution in [3.8, 4) is 16.9 Å². The summed E-state index contributed by atoms with van der Waals surface area (Å²) in [6, 6.07) is 13.8. The van der Waals surface area contributed by atoms with Crippen LogP contribution in [0.15, 0.2) is 54.9 Å². The maximum Gasteiger partial charge on any atom is 0.335 e. The zero-order chi connectivity index (χ0) is 21.5. The van der Waals surface area contributed by atoms with Crippen LogP contribution in [0, 0.1) is 19.8 Å². The Balaban J connectivity index is 1.59. The third-order valence-electron chi connectivity index (χ3n) is 5.88. The highest BCUT2D eigenvalue weighted by molar-refractivity contribution is 5.90. The molecule has 156 valence electrons. The molecule has 6 nitrogen and oxygen atoms in total. The molecule has 31 heavy (non-hydrogen) atoms. The number of rotatable bonds is 5. The molecule has 0 aliphatic carbocycles. The van der Waals surface area contributed by atoms with Crippen LogP contribution in [0.4, 0.5) is 0 Å². The second-order valence-corrected chi connectivity index (χ2v) is 8.40. The third kappa shape index (κ3) is 3.70. The van der Waals surface area contributed by atoms with E-state index in [0.29, 0.717) is 11.5 Å². The minimum atomic E-state index is -0.886. The number of carboxylic acids is 1. The summed E-state index contributed by atoms with van der Waals surface area (Å²) in [6.07, 6.45) is 4.50. The van der Waals surface area contributed by atoms with Gasteiger partial charge in [0.2, 0.25) is 0 Å². The van der Waals surface area contributed by atoms with Gasteiger partial charge in [0.1, 0.15) is 5.52 Å². The van der Waals surface area contributed by atoms with Gasteiger partial charge in [-0.05, 0) is 81.2 Å². The number of hydrogen-bond donors (Lipinski definition) is 2. The average molecular weight is 412 g/mol. The molecule has 0 bridgehead atoms. The molecule has 2 N–H and O–H groups in total. The molecular formula is C25H24N4O2. The van der Waals surface area contributed by atoms with Crippen LogP contribution in [-0.4, -0.2) is 38.7 Å². The van der Waals surface area contributed by atoms with Crippen LogP contribution in [-0.2, 0) is 6.42 Å². The highest BCUT2D eigenvalue weighted by Gasteiger charge is 2.21. The minimum absolute atomic E-state index is 0.370. The first-order chi connectivity index (χ1) is 15.0. The first-order valence-electron chi connectivity index (χ1n) is 10.5. The largest absolute Gasteiger partial charge is 0.478 e. The van der Waals surface area contributed by atoms with Gasteiger partial charge in [-0.3, -0.25) is 9.55 Å². The topological polar surface area (TPSA) is 80.0 Å². The molecule has 1 aliphatic rings. The van der Waals surface area contributed by atoms with Crippen molar-refractivity contribution in [2.75, 3.05) is 13.1 Å². The molecule has 2 aromatic heterocycles. The number of aromatic nitrogens is 3. The van der Waals surface area contributed by atoms with Gasteiger partial charge in [-0.25, -0.2) is 9.78 Å². The highest BCUT2D eigenvalue weighted by Crippen LogP contribution is 2.26. The van der Waals surface area contributed by atoms with Crippen LogP contribution in [0.5, 0.6) is 0 Å². The van der Waals surface area contributed by atoms with Gasteiger partial charge in [0.15, 0.2) is 5.65 Å². The van der Waals surface area contributed by atoms with Gasteiger partial charge in [-0.15, -0.1) is 0 Å². The summed E-state index contributed by atoms with van der Waals surface area (Å²) in [5, 5.41) is 12.9. The van der Waals surface area contributed by atoms with E-state index in [1.807, 2.05) is 35.2 Å². The number of nitrogens with zero attached hydrogens (tertiary/aromatic N) is 3. The maximum atomic E-state index is 11.7. The van der Waals surface area contributed by atoms with Crippen LogP contribution < -0.4 is 5.32 Å². The predicted octanol–water partition coefficient (Wildman–Crippen LogP) is 4.16. The van der Waals surface area contributed by atoms with Gasteiger partial charge in [0, 0.05) is 17.4 Å². The number of nitrogens with one attached hydrogen (secondary N) is 1. The van der Waals surface area contributed by atoms with Gasteiger partial charge >= 0.3 is 5.97 Å². The maximum absolute atomic E-state index is 11.7. The number of benzene rings is 2. The Morgan fingerprint density at radius 2 is 1.90 bits per heavy atom. The van der Waals surface area contributed by atoms with E-state index in [4.69, 9.17) is 4.98 Å². The van der Waals surface area contributed by atoms with Crippen LogP contribution in [0.3, 0.4) is 0 Å². The lowest BCUT2D eigenvalue weighted by molar-refractivity contribution is 0.0695. The van der Waals surface area contributed by atoms with Crippen molar-refractivity contribution >= 4 is 17.1 Å². The van der Waals surface area contributed by atoms with Gasteiger partial charge in [0.25, 0.3) is 0 Å². The zero-order valence-corrected chi connectivity index (χ0v) is 17.6. The quantitative estimate of drug-likeness (QED) is 0.514. The average Bonchev–Trinajstić information content (AvgIpc) is 3.13. The second kappa shape index (κ2) is 7.63. The molecule has 0 atom stereocenters. The highest BCUT2D eigenvalue weighted by atomic mass is 16.4. The fraction of sp³-hybridized carbons (Fsp3) is 0.240. The fourth-order valence-corrected chi connectivity index (χ4v) is 4.28. The lowest BCUT2D eigenvalue weighted by atomic mass is 9.91. The molecule has 0 unspecified atom stereocenters. The van der Waals surface area contributed by atoms with Crippen LogP contribution in [0.1, 0.15) is 27.0 Å². The molecule has 6 heteroatoms. The summed E-state index contributed by atoms with van der Waals surface area (Å²) in [7, 11) is 0. The van der Waals surface area contributed by atoms with Crippen molar-refractivity contribution < 1.29 is 9.90 Å². The van der Waals surface area contributed by atoms with E-state index in [9.17, 15) is 9.90 Å². The molecule has 0 amide bonds. The van der Waals surface area contributed by atoms with Crippen LogP contribution >= 0.6 is 0 Å². The normalized spacial score (nSPS) is 14.0. The summed E-state index contributed by atoms with van der Waals surface area (Å²) < 4.78 is 1.99. The Morgan fingerprint density at radius 3 is 2.58 bits per heavy atom. The number of fused-ring (bicyclic) bond motifs is 1. The monoisotopic (exact) mass is 412 g/mol. The van der Waals surface area contributed by atoms with Crippen molar-refractivity contribution in [1.29, 1.82) is 0 Å². The Labute approximate surface area is 180 Å². The molecule has 1 aliphatic heterocycles. The summed E-state index contributed by atoms with van der Waals surface area (Å²) >= 11 is 0. The predicted molar refractivity (Wildman–Crippen MR) is 121 cm³/mol. The molecule has 2 aromatic carbocycles. The third-order valence-corrected chi connectivity index (χ3v) is 5.88. The van der Waals surface area contributed by atoms with E-state index in [1.165, 1.54) is 11.1 Å². The fourth-order valence-electron chi connectivity index (χ4n) is 4.28. The van der Waals surface area contributed by atoms with Crippen molar-refractivity contribution in [2.45, 2.75) is 20.3 Å². The van der Waals surface area contributed by atoms with E-state index < -0.39 is 5.97 Å². The molecule has 0 radical (unpaired) electrons. The Bertz CT molecular complexity index is 1280. The Kier molecular flexibility index (Phi) is 4.79. The first-order valence-corrected chi connectivity index (χ1v) is 10.5. The van der Waals surface area contributed by atoms with Crippen molar-refractivity contribution in [3.63, 3.8) is 0 Å². The summed E-state index contributed by atoms with van der Waals surface area (Å²) in [6.45, 7) is 6.02. The number of hydrogen-bond acceptors (Lipinski definition) is 4. The van der Waals surface area contributed by atoms with Crippen LogP contribution in [0.25, 0.3) is 28.1 Å². The molecule has 1 fully saturated rings. The van der Waals surface area contributed by atoms with Crippen LogP contribution in [0.2, 0.25) is 0 Å².